The van der Waals surface area contributed by atoms with E-state index in [1.54, 1.807) is 0 Å². The Bertz CT molecular complexity index is 565. The fourth-order valence-corrected chi connectivity index (χ4v) is 4.05. The van der Waals surface area contributed by atoms with Gasteiger partial charge in [-0.3, -0.25) is 0 Å². The molecule has 1 fully saturated rings. The van der Waals surface area contributed by atoms with E-state index in [0.29, 0.717) is 17.9 Å². The summed E-state index contributed by atoms with van der Waals surface area (Å²) in [4.78, 5) is 0. The zero-order valence-electron chi connectivity index (χ0n) is 15.2. The van der Waals surface area contributed by atoms with E-state index in [4.69, 9.17) is 4.74 Å². The Morgan fingerprint density at radius 1 is 0.833 bits per heavy atom. The summed E-state index contributed by atoms with van der Waals surface area (Å²) in [7, 11) is 0. The zero-order valence-corrected chi connectivity index (χ0v) is 15.2. The van der Waals surface area contributed by atoms with Crippen LogP contribution in [0.3, 0.4) is 0 Å². The molecule has 0 spiro atoms. The summed E-state index contributed by atoms with van der Waals surface area (Å²) in [5, 5.41) is 0. The highest BCUT2D eigenvalue weighted by atomic mass is 16.5. The SMILES string of the molecule is CC(C)[C@@H]1CC[C@H](C)C[C@H]1OC(c1ccccc1)c1ccccc1. The molecule has 24 heavy (non-hydrogen) atoms. The van der Waals surface area contributed by atoms with E-state index in [1.165, 1.54) is 30.4 Å². The average molecular weight is 322 g/mol. The highest BCUT2D eigenvalue weighted by Crippen LogP contribution is 2.39. The van der Waals surface area contributed by atoms with E-state index in [9.17, 15) is 0 Å². The molecule has 0 radical (unpaired) electrons. The maximum Gasteiger partial charge on any atom is 0.108 e. The smallest absolute Gasteiger partial charge is 0.108 e. The number of ether oxygens (including phenoxy) is 1. The van der Waals surface area contributed by atoms with E-state index in [1.807, 2.05) is 0 Å². The average Bonchev–Trinajstić information content (AvgIpc) is 2.61. The van der Waals surface area contributed by atoms with Crippen LogP contribution in [0.1, 0.15) is 57.3 Å². The van der Waals surface area contributed by atoms with Crippen molar-refractivity contribution < 1.29 is 4.74 Å². The van der Waals surface area contributed by atoms with Gasteiger partial charge in [0, 0.05) is 0 Å². The van der Waals surface area contributed by atoms with Crippen molar-refractivity contribution in [2.45, 2.75) is 52.2 Å². The summed E-state index contributed by atoms with van der Waals surface area (Å²) < 4.78 is 6.81. The third kappa shape index (κ3) is 4.08. The lowest BCUT2D eigenvalue weighted by Crippen LogP contribution is -2.35. The molecule has 1 aliphatic rings. The van der Waals surface area contributed by atoms with Crippen molar-refractivity contribution in [3.8, 4) is 0 Å². The summed E-state index contributed by atoms with van der Waals surface area (Å²) in [6.07, 6.45) is 4.19. The van der Waals surface area contributed by atoms with Crippen molar-refractivity contribution in [3.63, 3.8) is 0 Å². The Kier molecular flexibility index (Phi) is 5.73. The summed E-state index contributed by atoms with van der Waals surface area (Å²) >= 11 is 0. The minimum absolute atomic E-state index is 0.0314. The summed E-state index contributed by atoms with van der Waals surface area (Å²) in [5.74, 6) is 2.10. The molecule has 128 valence electrons. The van der Waals surface area contributed by atoms with Crippen LogP contribution in [0.15, 0.2) is 60.7 Å². The molecular formula is C23H30O. The Labute approximate surface area is 147 Å². The molecule has 0 bridgehead atoms. The maximum absolute atomic E-state index is 6.81. The first-order valence-electron chi connectivity index (χ1n) is 9.40. The van der Waals surface area contributed by atoms with Crippen LogP contribution in [0, 0.1) is 17.8 Å². The van der Waals surface area contributed by atoms with Crippen molar-refractivity contribution in [1.82, 2.24) is 0 Å². The van der Waals surface area contributed by atoms with Gasteiger partial charge in [-0.05, 0) is 41.7 Å². The Morgan fingerprint density at radius 2 is 1.38 bits per heavy atom. The molecule has 1 nitrogen and oxygen atoms in total. The molecule has 0 heterocycles. The fourth-order valence-electron chi connectivity index (χ4n) is 4.05. The van der Waals surface area contributed by atoms with Gasteiger partial charge in [-0.2, -0.15) is 0 Å². The van der Waals surface area contributed by atoms with Crippen molar-refractivity contribution in [2.75, 3.05) is 0 Å². The van der Waals surface area contributed by atoms with E-state index in [0.717, 1.165) is 5.92 Å². The van der Waals surface area contributed by atoms with Gasteiger partial charge in [0.25, 0.3) is 0 Å². The van der Waals surface area contributed by atoms with Gasteiger partial charge in [0.1, 0.15) is 6.10 Å². The summed E-state index contributed by atoms with van der Waals surface area (Å²) in [6, 6.07) is 21.3. The van der Waals surface area contributed by atoms with Gasteiger partial charge in [0.15, 0.2) is 0 Å². The minimum atomic E-state index is 0.0314. The predicted molar refractivity (Wildman–Crippen MR) is 101 cm³/mol. The second-order valence-corrected chi connectivity index (χ2v) is 7.70. The molecule has 1 saturated carbocycles. The first-order valence-corrected chi connectivity index (χ1v) is 9.40. The van der Waals surface area contributed by atoms with Crippen molar-refractivity contribution in [1.29, 1.82) is 0 Å². The molecule has 0 aliphatic heterocycles. The van der Waals surface area contributed by atoms with Crippen molar-refractivity contribution >= 4 is 0 Å². The Hall–Kier alpha value is -1.60. The molecule has 0 N–H and O–H groups in total. The fraction of sp³-hybridized carbons (Fsp3) is 0.478. The normalized spacial score (nSPS) is 24.5. The minimum Gasteiger partial charge on any atom is -0.365 e. The van der Waals surface area contributed by atoms with E-state index in [-0.39, 0.29) is 6.10 Å². The van der Waals surface area contributed by atoms with Gasteiger partial charge in [0.05, 0.1) is 6.10 Å². The molecule has 0 unspecified atom stereocenters. The monoisotopic (exact) mass is 322 g/mol. The van der Waals surface area contributed by atoms with E-state index >= 15 is 0 Å². The number of benzene rings is 2. The topological polar surface area (TPSA) is 9.23 Å². The Balaban J connectivity index is 1.88. The third-order valence-electron chi connectivity index (χ3n) is 5.48. The molecule has 0 saturated heterocycles. The quantitative estimate of drug-likeness (QED) is 0.632. The molecule has 0 amide bonds. The van der Waals surface area contributed by atoms with Crippen LogP contribution < -0.4 is 0 Å². The van der Waals surface area contributed by atoms with Crippen LogP contribution in [0.2, 0.25) is 0 Å². The first-order chi connectivity index (χ1) is 11.6. The van der Waals surface area contributed by atoms with Gasteiger partial charge in [-0.15, -0.1) is 0 Å². The van der Waals surface area contributed by atoms with Crippen LogP contribution in [-0.2, 0) is 4.74 Å². The lowest BCUT2D eigenvalue weighted by atomic mass is 9.75. The highest BCUT2D eigenvalue weighted by Gasteiger charge is 2.33. The van der Waals surface area contributed by atoms with Gasteiger partial charge < -0.3 is 4.74 Å². The van der Waals surface area contributed by atoms with Gasteiger partial charge in [0.2, 0.25) is 0 Å². The maximum atomic E-state index is 6.81. The van der Waals surface area contributed by atoms with E-state index in [2.05, 4.69) is 81.4 Å². The van der Waals surface area contributed by atoms with Crippen LogP contribution in [0.5, 0.6) is 0 Å². The lowest BCUT2D eigenvalue weighted by molar-refractivity contribution is -0.0678. The van der Waals surface area contributed by atoms with Gasteiger partial charge in [-0.1, -0.05) is 87.9 Å². The Morgan fingerprint density at radius 3 is 1.88 bits per heavy atom. The second-order valence-electron chi connectivity index (χ2n) is 7.70. The molecule has 3 rings (SSSR count). The molecule has 2 aromatic carbocycles. The van der Waals surface area contributed by atoms with Crippen LogP contribution in [0.4, 0.5) is 0 Å². The number of hydrogen-bond acceptors (Lipinski definition) is 1. The van der Waals surface area contributed by atoms with Crippen molar-refractivity contribution in [3.05, 3.63) is 71.8 Å². The van der Waals surface area contributed by atoms with Gasteiger partial charge >= 0.3 is 0 Å². The first kappa shape index (κ1) is 17.2. The molecule has 0 aromatic heterocycles. The molecule has 3 atom stereocenters. The number of rotatable bonds is 5. The third-order valence-corrected chi connectivity index (χ3v) is 5.48. The predicted octanol–water partition coefficient (Wildman–Crippen LogP) is 6.25. The summed E-state index contributed by atoms with van der Waals surface area (Å²) in [6.45, 7) is 7.06. The van der Waals surface area contributed by atoms with E-state index < -0.39 is 0 Å². The standard InChI is InChI=1S/C23H30O/c1-17(2)21-15-14-18(3)16-22(21)24-23(19-10-6-4-7-11-19)20-12-8-5-9-13-20/h4-13,17-18,21-23H,14-16H2,1-3H3/t18-,21-,22+/m0/s1. The number of hydrogen-bond donors (Lipinski definition) is 0. The lowest BCUT2D eigenvalue weighted by Gasteiger charge is -2.39. The largest absolute Gasteiger partial charge is 0.365 e. The molecular weight excluding hydrogens is 292 g/mol. The van der Waals surface area contributed by atoms with Crippen molar-refractivity contribution in [2.24, 2.45) is 17.8 Å². The van der Waals surface area contributed by atoms with Crippen LogP contribution in [-0.4, -0.2) is 6.10 Å². The van der Waals surface area contributed by atoms with Gasteiger partial charge in [-0.25, -0.2) is 0 Å². The summed E-state index contributed by atoms with van der Waals surface area (Å²) in [5.41, 5.74) is 2.51. The van der Waals surface area contributed by atoms with Crippen LogP contribution in [0.25, 0.3) is 0 Å². The zero-order chi connectivity index (χ0) is 16.9. The molecule has 1 aliphatic carbocycles. The molecule has 1 heteroatoms. The highest BCUT2D eigenvalue weighted by molar-refractivity contribution is 5.30. The van der Waals surface area contributed by atoms with Crippen LogP contribution >= 0.6 is 0 Å². The molecule has 2 aromatic rings. The second kappa shape index (κ2) is 7.98.